The molecule has 0 radical (unpaired) electrons. The number of halogens is 2. The van der Waals surface area contributed by atoms with E-state index in [1.165, 1.54) is 12.1 Å². The van der Waals surface area contributed by atoms with E-state index in [0.717, 1.165) is 28.7 Å². The summed E-state index contributed by atoms with van der Waals surface area (Å²) in [5.74, 6) is -0.250. The van der Waals surface area contributed by atoms with E-state index >= 15 is 0 Å². The second-order valence-corrected chi connectivity index (χ2v) is 5.59. The summed E-state index contributed by atoms with van der Waals surface area (Å²) < 4.78 is 15.8. The SMILES string of the molecule is CCC(CC)n1ccc(CNc2ccc(F)cc2Br)n1. The predicted octanol–water partition coefficient (Wildman–Crippen LogP) is 4.76. The van der Waals surface area contributed by atoms with Crippen LogP contribution >= 0.6 is 15.9 Å². The van der Waals surface area contributed by atoms with Gasteiger partial charge >= 0.3 is 0 Å². The van der Waals surface area contributed by atoms with E-state index in [9.17, 15) is 4.39 Å². The van der Waals surface area contributed by atoms with Crippen LogP contribution in [-0.2, 0) is 6.54 Å². The molecule has 2 aromatic rings. The van der Waals surface area contributed by atoms with Crippen LogP contribution in [0.4, 0.5) is 10.1 Å². The summed E-state index contributed by atoms with van der Waals surface area (Å²) in [7, 11) is 0. The number of nitrogens with zero attached hydrogens (tertiary/aromatic N) is 2. The smallest absolute Gasteiger partial charge is 0.124 e. The van der Waals surface area contributed by atoms with Crippen LogP contribution in [0.2, 0.25) is 0 Å². The highest BCUT2D eigenvalue weighted by Crippen LogP contribution is 2.23. The van der Waals surface area contributed by atoms with Gasteiger partial charge < -0.3 is 5.32 Å². The van der Waals surface area contributed by atoms with Crippen molar-refractivity contribution in [2.45, 2.75) is 39.3 Å². The minimum Gasteiger partial charge on any atom is -0.378 e. The van der Waals surface area contributed by atoms with Crippen molar-refractivity contribution >= 4 is 21.6 Å². The fraction of sp³-hybridized carbons (Fsp3) is 0.400. The van der Waals surface area contributed by atoms with Crippen LogP contribution in [0.5, 0.6) is 0 Å². The van der Waals surface area contributed by atoms with Crippen LogP contribution in [0.25, 0.3) is 0 Å². The van der Waals surface area contributed by atoms with E-state index in [2.05, 4.69) is 40.2 Å². The standard InChI is InChI=1S/C15H19BrFN3/c1-3-13(4-2)20-8-7-12(19-20)10-18-15-6-5-11(17)9-14(15)16/h5-9,13,18H,3-4,10H2,1-2H3. The summed E-state index contributed by atoms with van der Waals surface area (Å²) in [4.78, 5) is 0. The van der Waals surface area contributed by atoms with Gasteiger partial charge in [-0.2, -0.15) is 5.10 Å². The molecule has 0 aliphatic heterocycles. The first-order chi connectivity index (χ1) is 9.63. The van der Waals surface area contributed by atoms with Crippen molar-refractivity contribution in [2.24, 2.45) is 0 Å². The van der Waals surface area contributed by atoms with E-state index in [1.807, 2.05) is 16.9 Å². The number of aromatic nitrogens is 2. The summed E-state index contributed by atoms with van der Waals surface area (Å²) in [5, 5.41) is 7.83. The first kappa shape index (κ1) is 15.0. The van der Waals surface area contributed by atoms with Crippen LogP contribution < -0.4 is 5.32 Å². The Morgan fingerprint density at radius 3 is 2.70 bits per heavy atom. The zero-order valence-corrected chi connectivity index (χ0v) is 13.3. The van der Waals surface area contributed by atoms with Gasteiger partial charge in [0.1, 0.15) is 5.82 Å². The molecule has 0 unspecified atom stereocenters. The Morgan fingerprint density at radius 1 is 1.30 bits per heavy atom. The number of hydrogen-bond acceptors (Lipinski definition) is 2. The Hall–Kier alpha value is -1.36. The molecule has 0 spiro atoms. The Bertz CT molecular complexity index is 564. The largest absolute Gasteiger partial charge is 0.378 e. The Morgan fingerprint density at radius 2 is 2.05 bits per heavy atom. The van der Waals surface area contributed by atoms with Gasteiger partial charge in [0.05, 0.1) is 18.3 Å². The first-order valence-corrected chi connectivity index (χ1v) is 7.66. The van der Waals surface area contributed by atoms with Crippen LogP contribution in [0.3, 0.4) is 0 Å². The summed E-state index contributed by atoms with van der Waals surface area (Å²) in [6.45, 7) is 4.96. The molecule has 0 aliphatic carbocycles. The van der Waals surface area contributed by atoms with Gasteiger partial charge in [-0.25, -0.2) is 4.39 Å². The van der Waals surface area contributed by atoms with Gasteiger partial charge in [-0.05, 0) is 53.0 Å². The topological polar surface area (TPSA) is 29.9 Å². The molecule has 0 aliphatic rings. The molecule has 0 bridgehead atoms. The molecule has 1 aromatic heterocycles. The highest BCUT2D eigenvalue weighted by atomic mass is 79.9. The van der Waals surface area contributed by atoms with E-state index in [4.69, 9.17) is 0 Å². The molecule has 0 amide bonds. The molecule has 0 atom stereocenters. The molecule has 2 rings (SSSR count). The molecule has 20 heavy (non-hydrogen) atoms. The lowest BCUT2D eigenvalue weighted by Crippen LogP contribution is -2.09. The molecule has 0 fully saturated rings. The lowest BCUT2D eigenvalue weighted by atomic mass is 10.2. The fourth-order valence-corrected chi connectivity index (χ4v) is 2.65. The Balaban J connectivity index is 2.00. The second-order valence-electron chi connectivity index (χ2n) is 4.74. The minimum absolute atomic E-state index is 0.250. The molecule has 5 heteroatoms. The van der Waals surface area contributed by atoms with Crippen LogP contribution in [0, 0.1) is 5.82 Å². The van der Waals surface area contributed by atoms with Gasteiger partial charge in [0.25, 0.3) is 0 Å². The summed E-state index contributed by atoms with van der Waals surface area (Å²) >= 11 is 3.34. The summed E-state index contributed by atoms with van der Waals surface area (Å²) in [6, 6.07) is 7.09. The quantitative estimate of drug-likeness (QED) is 0.822. The third-order valence-corrected chi connectivity index (χ3v) is 4.03. The minimum atomic E-state index is -0.250. The average molecular weight is 340 g/mol. The molecule has 108 valence electrons. The predicted molar refractivity (Wildman–Crippen MR) is 83.3 cm³/mol. The molecular formula is C15H19BrFN3. The van der Waals surface area contributed by atoms with Crippen molar-refractivity contribution in [2.75, 3.05) is 5.32 Å². The van der Waals surface area contributed by atoms with Gasteiger partial charge in [-0.3, -0.25) is 4.68 Å². The average Bonchev–Trinajstić information content (AvgIpc) is 2.88. The molecule has 0 saturated heterocycles. The summed E-state index contributed by atoms with van der Waals surface area (Å²) in [5.41, 5.74) is 1.84. The third-order valence-electron chi connectivity index (χ3n) is 3.37. The van der Waals surface area contributed by atoms with Crippen LogP contribution in [0.1, 0.15) is 38.4 Å². The molecule has 1 heterocycles. The van der Waals surface area contributed by atoms with Gasteiger partial charge in [0, 0.05) is 16.4 Å². The molecular weight excluding hydrogens is 321 g/mol. The van der Waals surface area contributed by atoms with Gasteiger partial charge in [0.2, 0.25) is 0 Å². The van der Waals surface area contributed by atoms with Crippen molar-refractivity contribution in [3.05, 3.63) is 46.4 Å². The lowest BCUT2D eigenvalue weighted by Gasteiger charge is -2.12. The molecule has 1 N–H and O–H groups in total. The molecule has 1 aromatic carbocycles. The highest BCUT2D eigenvalue weighted by Gasteiger charge is 2.08. The van der Waals surface area contributed by atoms with Gasteiger partial charge in [0.15, 0.2) is 0 Å². The van der Waals surface area contributed by atoms with Crippen molar-refractivity contribution in [3.8, 4) is 0 Å². The van der Waals surface area contributed by atoms with E-state index in [1.54, 1.807) is 6.07 Å². The van der Waals surface area contributed by atoms with E-state index in [0.29, 0.717) is 12.6 Å². The maximum atomic E-state index is 13.0. The molecule has 0 saturated carbocycles. The zero-order valence-electron chi connectivity index (χ0n) is 11.7. The first-order valence-electron chi connectivity index (χ1n) is 6.87. The van der Waals surface area contributed by atoms with Crippen molar-refractivity contribution in [1.29, 1.82) is 0 Å². The van der Waals surface area contributed by atoms with Crippen LogP contribution in [0.15, 0.2) is 34.9 Å². The third kappa shape index (κ3) is 3.60. The zero-order chi connectivity index (χ0) is 14.5. The fourth-order valence-electron chi connectivity index (χ4n) is 2.16. The number of anilines is 1. The van der Waals surface area contributed by atoms with E-state index in [-0.39, 0.29) is 5.82 Å². The number of hydrogen-bond donors (Lipinski definition) is 1. The maximum absolute atomic E-state index is 13.0. The monoisotopic (exact) mass is 339 g/mol. The Labute approximate surface area is 127 Å². The second kappa shape index (κ2) is 6.88. The number of nitrogens with one attached hydrogen (secondary N) is 1. The van der Waals surface area contributed by atoms with Crippen molar-refractivity contribution in [1.82, 2.24) is 9.78 Å². The van der Waals surface area contributed by atoms with Gasteiger partial charge in [-0.15, -0.1) is 0 Å². The van der Waals surface area contributed by atoms with Crippen molar-refractivity contribution < 1.29 is 4.39 Å². The van der Waals surface area contributed by atoms with Crippen LogP contribution in [-0.4, -0.2) is 9.78 Å². The number of benzene rings is 1. The van der Waals surface area contributed by atoms with Crippen molar-refractivity contribution in [3.63, 3.8) is 0 Å². The maximum Gasteiger partial charge on any atom is 0.124 e. The lowest BCUT2D eigenvalue weighted by molar-refractivity contribution is 0.426. The Kier molecular flexibility index (Phi) is 5.17. The summed E-state index contributed by atoms with van der Waals surface area (Å²) in [6.07, 6.45) is 4.18. The van der Waals surface area contributed by atoms with E-state index < -0.39 is 0 Å². The van der Waals surface area contributed by atoms with Gasteiger partial charge in [-0.1, -0.05) is 13.8 Å². The normalized spacial score (nSPS) is 11.1. The number of rotatable bonds is 6. The highest BCUT2D eigenvalue weighted by molar-refractivity contribution is 9.10. The molecule has 3 nitrogen and oxygen atoms in total.